The predicted octanol–water partition coefficient (Wildman–Crippen LogP) is 2.10. The molecule has 1 atom stereocenters. The molecule has 162 valence electrons. The van der Waals surface area contributed by atoms with Crippen molar-refractivity contribution >= 4 is 21.9 Å². The lowest BCUT2D eigenvalue weighted by Gasteiger charge is -2.17. The summed E-state index contributed by atoms with van der Waals surface area (Å²) in [5.41, 5.74) is 1.87. The van der Waals surface area contributed by atoms with E-state index in [-0.39, 0.29) is 35.4 Å². The molecule has 30 heavy (non-hydrogen) atoms. The fourth-order valence-electron chi connectivity index (χ4n) is 3.87. The Hall–Kier alpha value is -2.65. The van der Waals surface area contributed by atoms with Crippen molar-refractivity contribution in [2.24, 2.45) is 0 Å². The minimum Gasteiger partial charge on any atom is -0.462 e. The first-order valence-corrected chi connectivity index (χ1v) is 11.4. The van der Waals surface area contributed by atoms with Crippen LogP contribution in [0.4, 0.5) is 0 Å². The van der Waals surface area contributed by atoms with Gasteiger partial charge in [0.25, 0.3) is 0 Å². The van der Waals surface area contributed by atoms with Crippen LogP contribution in [-0.2, 0) is 19.6 Å². The van der Waals surface area contributed by atoms with E-state index < -0.39 is 16.0 Å². The molecule has 2 N–H and O–H groups in total. The molecule has 0 saturated carbocycles. The van der Waals surface area contributed by atoms with Gasteiger partial charge in [0, 0.05) is 30.4 Å². The van der Waals surface area contributed by atoms with Gasteiger partial charge in [-0.1, -0.05) is 30.3 Å². The second kappa shape index (κ2) is 9.01. The van der Waals surface area contributed by atoms with Gasteiger partial charge < -0.3 is 14.6 Å². The van der Waals surface area contributed by atoms with Crippen molar-refractivity contribution in [3.05, 3.63) is 52.8 Å². The Balaban J connectivity index is 1.69. The van der Waals surface area contributed by atoms with Crippen molar-refractivity contribution in [3.8, 4) is 0 Å². The number of nitrogens with one attached hydrogen (secondary N) is 2. The van der Waals surface area contributed by atoms with Crippen LogP contribution in [0, 0.1) is 13.8 Å². The number of esters is 1. The van der Waals surface area contributed by atoms with E-state index in [1.165, 1.54) is 5.56 Å². The molecule has 2 aromatic rings. The summed E-state index contributed by atoms with van der Waals surface area (Å²) in [5, 5.41) is 0. The molecule has 1 aliphatic heterocycles. The number of carbonyl (C=O) groups excluding carboxylic acids is 2. The molecule has 1 aromatic heterocycles. The van der Waals surface area contributed by atoms with Crippen molar-refractivity contribution in [1.82, 2.24) is 14.6 Å². The monoisotopic (exact) mass is 433 g/mol. The molecule has 0 bridgehead atoms. The van der Waals surface area contributed by atoms with Crippen molar-refractivity contribution in [1.29, 1.82) is 0 Å². The molecule has 3 rings (SSSR count). The molecule has 2 heterocycles. The highest BCUT2D eigenvalue weighted by atomic mass is 32.2. The van der Waals surface area contributed by atoms with Crippen LogP contribution in [0.5, 0.6) is 0 Å². The fourth-order valence-corrected chi connectivity index (χ4v) is 5.29. The molecule has 9 heteroatoms. The first kappa shape index (κ1) is 22.0. The summed E-state index contributed by atoms with van der Waals surface area (Å²) in [5.74, 6) is -0.757. The van der Waals surface area contributed by atoms with Gasteiger partial charge in [-0.15, -0.1) is 0 Å². The molecule has 0 spiro atoms. The number of hydrogen-bond donors (Lipinski definition) is 2. The molecule has 0 radical (unpaired) electrons. The van der Waals surface area contributed by atoms with Gasteiger partial charge in [0.1, 0.15) is 10.5 Å². The predicted molar refractivity (Wildman–Crippen MR) is 112 cm³/mol. The average molecular weight is 434 g/mol. The lowest BCUT2D eigenvalue weighted by molar-refractivity contribution is -0.128. The number of likely N-dealkylation sites (tertiary alicyclic amines) is 1. The van der Waals surface area contributed by atoms with Gasteiger partial charge in [-0.3, -0.25) is 4.79 Å². The van der Waals surface area contributed by atoms with E-state index in [2.05, 4.69) is 9.71 Å². The summed E-state index contributed by atoms with van der Waals surface area (Å²) in [4.78, 5) is 29.2. The number of sulfonamides is 1. The van der Waals surface area contributed by atoms with E-state index in [1.54, 1.807) is 25.7 Å². The molecule has 1 saturated heterocycles. The van der Waals surface area contributed by atoms with E-state index in [0.29, 0.717) is 24.5 Å². The Kier molecular flexibility index (Phi) is 6.62. The third-order valence-corrected chi connectivity index (χ3v) is 6.86. The van der Waals surface area contributed by atoms with Gasteiger partial charge in [0.2, 0.25) is 15.9 Å². The molecule has 8 nitrogen and oxygen atoms in total. The minimum atomic E-state index is -4.08. The van der Waals surface area contributed by atoms with Gasteiger partial charge in [0.05, 0.1) is 13.2 Å². The zero-order valence-electron chi connectivity index (χ0n) is 17.4. The van der Waals surface area contributed by atoms with E-state index in [1.807, 2.05) is 30.3 Å². The van der Waals surface area contributed by atoms with Crippen LogP contribution in [-0.4, -0.2) is 56.4 Å². The normalized spacial score (nSPS) is 16.6. The summed E-state index contributed by atoms with van der Waals surface area (Å²) in [6, 6.07) is 9.96. The molecule has 1 aromatic carbocycles. The number of hydrogen-bond acceptors (Lipinski definition) is 5. The number of nitrogens with zero attached hydrogens (tertiary/aromatic N) is 1. The van der Waals surface area contributed by atoms with Crippen LogP contribution in [0.2, 0.25) is 0 Å². The van der Waals surface area contributed by atoms with Crippen LogP contribution < -0.4 is 4.72 Å². The first-order chi connectivity index (χ1) is 14.2. The third-order valence-electron chi connectivity index (χ3n) is 5.29. The maximum atomic E-state index is 12.9. The standard InChI is InChI=1S/C21H27N3O5S/c1-4-29-21(26)19-14(2)23-15(3)20(19)30(27,28)22-12-18(25)24-11-10-17(13-24)16-8-6-5-7-9-16/h5-9,17,22-23H,4,10-13H2,1-3H3/t17-/m0/s1. The second-order valence-electron chi connectivity index (χ2n) is 7.36. The van der Waals surface area contributed by atoms with Crippen molar-refractivity contribution in [2.75, 3.05) is 26.2 Å². The molecular formula is C21H27N3O5S. The highest BCUT2D eigenvalue weighted by Gasteiger charge is 2.32. The number of rotatable bonds is 7. The van der Waals surface area contributed by atoms with Crippen molar-refractivity contribution in [2.45, 2.75) is 38.0 Å². The number of ether oxygens (including phenoxy) is 1. The number of carbonyl (C=O) groups is 2. The summed E-state index contributed by atoms with van der Waals surface area (Å²) in [7, 11) is -4.08. The van der Waals surface area contributed by atoms with Gasteiger partial charge >= 0.3 is 5.97 Å². The number of aromatic amines is 1. The lowest BCUT2D eigenvalue weighted by Crippen LogP contribution is -2.39. The Morgan fingerprint density at radius 3 is 2.57 bits per heavy atom. The number of aryl methyl sites for hydroxylation is 2. The van der Waals surface area contributed by atoms with Crippen LogP contribution in [0.1, 0.15) is 46.6 Å². The SMILES string of the molecule is CCOC(=O)c1c(C)[nH]c(C)c1S(=O)(=O)NCC(=O)N1CC[C@H](c2ccccc2)C1. The first-order valence-electron chi connectivity index (χ1n) is 9.93. The van der Waals surface area contributed by atoms with Gasteiger partial charge in [0.15, 0.2) is 0 Å². The number of aromatic nitrogens is 1. The highest BCUT2D eigenvalue weighted by molar-refractivity contribution is 7.89. The average Bonchev–Trinajstić information content (AvgIpc) is 3.32. The third kappa shape index (κ3) is 4.57. The molecule has 1 fully saturated rings. The molecule has 0 aliphatic carbocycles. The molecule has 0 unspecified atom stereocenters. The van der Waals surface area contributed by atoms with Crippen molar-refractivity contribution in [3.63, 3.8) is 0 Å². The van der Waals surface area contributed by atoms with Gasteiger partial charge in [-0.05, 0) is 32.8 Å². The van der Waals surface area contributed by atoms with Crippen LogP contribution in [0.25, 0.3) is 0 Å². The smallest absolute Gasteiger partial charge is 0.341 e. The van der Waals surface area contributed by atoms with Crippen molar-refractivity contribution < 1.29 is 22.7 Å². The zero-order chi connectivity index (χ0) is 21.9. The lowest BCUT2D eigenvalue weighted by atomic mass is 9.99. The fraction of sp³-hybridized carbons (Fsp3) is 0.429. The van der Waals surface area contributed by atoms with Gasteiger partial charge in [-0.2, -0.15) is 0 Å². The van der Waals surface area contributed by atoms with Crippen LogP contribution >= 0.6 is 0 Å². The number of H-pyrrole nitrogens is 1. The Labute approximate surface area is 176 Å². The zero-order valence-corrected chi connectivity index (χ0v) is 18.2. The largest absolute Gasteiger partial charge is 0.462 e. The molecule has 1 amide bonds. The van der Waals surface area contributed by atoms with Crippen LogP contribution in [0.3, 0.4) is 0 Å². The van der Waals surface area contributed by atoms with Gasteiger partial charge in [-0.25, -0.2) is 17.9 Å². The topological polar surface area (TPSA) is 109 Å². The Morgan fingerprint density at radius 1 is 1.20 bits per heavy atom. The summed E-state index contributed by atoms with van der Waals surface area (Å²) in [6.45, 7) is 5.73. The highest BCUT2D eigenvalue weighted by Crippen LogP contribution is 2.27. The quantitative estimate of drug-likeness (QED) is 0.650. The number of benzene rings is 1. The van der Waals surface area contributed by atoms with Crippen LogP contribution in [0.15, 0.2) is 35.2 Å². The van der Waals surface area contributed by atoms with E-state index in [0.717, 1.165) is 6.42 Å². The maximum absolute atomic E-state index is 12.9. The Bertz CT molecular complexity index is 1030. The Morgan fingerprint density at radius 2 is 1.90 bits per heavy atom. The maximum Gasteiger partial charge on any atom is 0.341 e. The minimum absolute atomic E-state index is 0.0281. The van der Waals surface area contributed by atoms with E-state index in [9.17, 15) is 18.0 Å². The second-order valence-corrected chi connectivity index (χ2v) is 9.06. The van der Waals surface area contributed by atoms with E-state index in [4.69, 9.17) is 4.74 Å². The molecular weight excluding hydrogens is 406 g/mol. The summed E-state index contributed by atoms with van der Waals surface area (Å²) < 4.78 is 33.1. The number of amides is 1. The summed E-state index contributed by atoms with van der Waals surface area (Å²) in [6.07, 6.45) is 0.839. The summed E-state index contributed by atoms with van der Waals surface area (Å²) >= 11 is 0. The van der Waals surface area contributed by atoms with E-state index >= 15 is 0 Å². The molecule has 1 aliphatic rings.